The van der Waals surface area contributed by atoms with Crippen molar-refractivity contribution < 1.29 is 0 Å². The Labute approximate surface area is 238 Å². The number of hydrogen-bond acceptors (Lipinski definition) is 3. The van der Waals surface area contributed by atoms with Crippen LogP contribution < -0.4 is 10.6 Å². The quantitative estimate of drug-likeness (QED) is 0.222. The summed E-state index contributed by atoms with van der Waals surface area (Å²) in [6.07, 6.45) is 3.41. The molecule has 6 rings (SSSR count). The van der Waals surface area contributed by atoms with Gasteiger partial charge in [0.1, 0.15) is 0 Å². The second kappa shape index (κ2) is 11.2. The Morgan fingerprint density at radius 1 is 0.725 bits per heavy atom. The van der Waals surface area contributed by atoms with Gasteiger partial charge in [0, 0.05) is 22.3 Å². The maximum atomic E-state index is 5.35. The van der Waals surface area contributed by atoms with E-state index in [1.807, 2.05) is 0 Å². The van der Waals surface area contributed by atoms with Crippen molar-refractivity contribution in [3.05, 3.63) is 119 Å². The molecule has 2 N–H and O–H groups in total. The molecular formula is C37H39N3. The van der Waals surface area contributed by atoms with Crippen LogP contribution in [0.1, 0.15) is 80.7 Å². The number of nitrogens with one attached hydrogen (secondary N) is 2. The van der Waals surface area contributed by atoms with Crippen molar-refractivity contribution in [3.63, 3.8) is 0 Å². The van der Waals surface area contributed by atoms with Crippen LogP contribution in [0.15, 0.2) is 97.1 Å². The predicted octanol–water partition coefficient (Wildman–Crippen LogP) is 10.4. The molecule has 1 aliphatic carbocycles. The molecule has 0 unspecified atom stereocenters. The van der Waals surface area contributed by atoms with Gasteiger partial charge in [0.15, 0.2) is 0 Å². The molecule has 0 fully saturated rings. The normalized spacial score (nSPS) is 14.9. The lowest BCUT2D eigenvalue weighted by Crippen LogP contribution is -2.18. The largest absolute Gasteiger partial charge is 0.378 e. The molecular weight excluding hydrogens is 486 g/mol. The van der Waals surface area contributed by atoms with Crippen molar-refractivity contribution in [3.8, 4) is 11.3 Å². The average molecular weight is 526 g/mol. The Bertz CT molecular complexity index is 1610. The zero-order valence-corrected chi connectivity index (χ0v) is 24.0. The number of rotatable bonds is 7. The lowest BCUT2D eigenvalue weighted by atomic mass is 9.83. The summed E-state index contributed by atoms with van der Waals surface area (Å²) >= 11 is 0. The number of pyridine rings is 1. The van der Waals surface area contributed by atoms with E-state index < -0.39 is 0 Å². The highest BCUT2D eigenvalue weighted by Crippen LogP contribution is 2.40. The second-order valence-corrected chi connectivity index (χ2v) is 11.7. The Morgan fingerprint density at radius 3 is 2.20 bits per heavy atom. The van der Waals surface area contributed by atoms with Crippen LogP contribution in [0.2, 0.25) is 0 Å². The van der Waals surface area contributed by atoms with Crippen molar-refractivity contribution >= 4 is 28.0 Å². The molecule has 0 spiro atoms. The van der Waals surface area contributed by atoms with E-state index >= 15 is 0 Å². The van der Waals surface area contributed by atoms with Gasteiger partial charge in [-0.1, -0.05) is 100 Å². The number of nitrogens with zero attached hydrogens (tertiary/aromatic N) is 1. The Morgan fingerprint density at radius 2 is 1.45 bits per heavy atom. The van der Waals surface area contributed by atoms with Crippen molar-refractivity contribution in [1.82, 2.24) is 4.98 Å². The monoisotopic (exact) mass is 525 g/mol. The Hall–Kier alpha value is -4.11. The van der Waals surface area contributed by atoms with E-state index in [1.54, 1.807) is 0 Å². The molecule has 0 saturated heterocycles. The molecule has 5 aromatic rings. The fraction of sp³-hybridized carbons (Fsp3) is 0.270. The molecule has 1 aliphatic rings. The molecule has 1 aromatic heterocycles. The van der Waals surface area contributed by atoms with Crippen LogP contribution in [0.4, 0.5) is 17.1 Å². The van der Waals surface area contributed by atoms with Gasteiger partial charge in [0.05, 0.1) is 22.9 Å². The summed E-state index contributed by atoms with van der Waals surface area (Å²) in [5.74, 6) is 0.842. The third-order valence-electron chi connectivity index (χ3n) is 8.23. The van der Waals surface area contributed by atoms with Crippen molar-refractivity contribution in [1.29, 1.82) is 0 Å². The Kier molecular flexibility index (Phi) is 7.30. The minimum atomic E-state index is 0.264. The highest BCUT2D eigenvalue weighted by molar-refractivity contribution is 5.94. The standard InChI is InChI=1S/C37H39N3/c1-24(2)29-17-11-18-30(25(3)4)37(29)40-34-21-10-14-27-22-23-32(39-36(27)34)31-19-8-12-26-13-9-20-33(35(26)31)38-28-15-6-5-7-16-28/h5-8,10-12,14-19,21-25,33,38,40H,9,13,20H2,1-4H3/t33-/m0/s1. The summed E-state index contributed by atoms with van der Waals surface area (Å²) in [7, 11) is 0. The first-order valence-corrected chi connectivity index (χ1v) is 14.7. The number of aryl methyl sites for hydroxylation is 1. The number of para-hydroxylation sites is 3. The van der Waals surface area contributed by atoms with Crippen LogP contribution in [-0.4, -0.2) is 4.98 Å². The number of fused-ring (bicyclic) bond motifs is 2. The van der Waals surface area contributed by atoms with Gasteiger partial charge in [-0.05, 0) is 77.6 Å². The second-order valence-electron chi connectivity index (χ2n) is 11.7. The first-order chi connectivity index (χ1) is 19.5. The van der Waals surface area contributed by atoms with Gasteiger partial charge in [-0.2, -0.15) is 0 Å². The van der Waals surface area contributed by atoms with E-state index in [1.165, 1.54) is 39.9 Å². The van der Waals surface area contributed by atoms with Crippen LogP contribution in [0.3, 0.4) is 0 Å². The number of aromatic nitrogens is 1. The van der Waals surface area contributed by atoms with Crippen LogP contribution in [0.5, 0.6) is 0 Å². The zero-order valence-electron chi connectivity index (χ0n) is 24.0. The van der Waals surface area contributed by atoms with Gasteiger partial charge in [-0.3, -0.25) is 0 Å². The van der Waals surface area contributed by atoms with Gasteiger partial charge >= 0.3 is 0 Å². The first kappa shape index (κ1) is 26.1. The van der Waals surface area contributed by atoms with E-state index in [-0.39, 0.29) is 6.04 Å². The summed E-state index contributed by atoms with van der Waals surface area (Å²) in [4.78, 5) is 5.35. The van der Waals surface area contributed by atoms with Crippen LogP contribution in [0, 0.1) is 0 Å². The zero-order chi connectivity index (χ0) is 27.6. The van der Waals surface area contributed by atoms with E-state index in [0.29, 0.717) is 11.8 Å². The number of hydrogen-bond donors (Lipinski definition) is 2. The highest BCUT2D eigenvalue weighted by Gasteiger charge is 2.24. The maximum absolute atomic E-state index is 5.35. The lowest BCUT2D eigenvalue weighted by Gasteiger charge is -2.29. The third kappa shape index (κ3) is 5.09. The van der Waals surface area contributed by atoms with Crippen LogP contribution in [0.25, 0.3) is 22.2 Å². The molecule has 3 heteroatoms. The van der Waals surface area contributed by atoms with E-state index in [4.69, 9.17) is 4.98 Å². The number of anilines is 3. The molecule has 1 atom stereocenters. The fourth-order valence-electron chi connectivity index (χ4n) is 6.21. The number of benzene rings is 4. The summed E-state index contributed by atoms with van der Waals surface area (Å²) in [6.45, 7) is 9.07. The van der Waals surface area contributed by atoms with E-state index in [0.717, 1.165) is 40.8 Å². The summed E-state index contributed by atoms with van der Waals surface area (Å²) in [6, 6.07) is 35.1. The van der Waals surface area contributed by atoms with Crippen molar-refractivity contribution in [2.75, 3.05) is 10.6 Å². The van der Waals surface area contributed by atoms with Gasteiger partial charge in [0.2, 0.25) is 0 Å². The predicted molar refractivity (Wildman–Crippen MR) is 171 cm³/mol. The van der Waals surface area contributed by atoms with Crippen molar-refractivity contribution in [2.45, 2.75) is 64.8 Å². The molecule has 0 radical (unpaired) electrons. The molecule has 3 nitrogen and oxygen atoms in total. The Balaban J connectivity index is 1.45. The maximum Gasteiger partial charge on any atom is 0.0944 e. The van der Waals surface area contributed by atoms with Crippen molar-refractivity contribution in [2.24, 2.45) is 0 Å². The smallest absolute Gasteiger partial charge is 0.0944 e. The minimum absolute atomic E-state index is 0.264. The SMILES string of the molecule is CC(C)c1cccc(C(C)C)c1Nc1cccc2ccc(-c3cccc4c3[C@@H](Nc3ccccc3)CCC4)nc12. The molecule has 40 heavy (non-hydrogen) atoms. The molecule has 4 aromatic carbocycles. The van der Waals surface area contributed by atoms with Crippen LogP contribution >= 0.6 is 0 Å². The summed E-state index contributed by atoms with van der Waals surface area (Å²) < 4.78 is 0. The van der Waals surface area contributed by atoms with Gasteiger partial charge in [0.25, 0.3) is 0 Å². The molecule has 0 amide bonds. The van der Waals surface area contributed by atoms with Gasteiger partial charge in [-0.25, -0.2) is 4.98 Å². The fourth-order valence-corrected chi connectivity index (χ4v) is 6.21. The lowest BCUT2D eigenvalue weighted by molar-refractivity contribution is 0.601. The van der Waals surface area contributed by atoms with E-state index in [9.17, 15) is 0 Å². The minimum Gasteiger partial charge on any atom is -0.378 e. The van der Waals surface area contributed by atoms with Crippen LogP contribution in [-0.2, 0) is 6.42 Å². The summed E-state index contributed by atoms with van der Waals surface area (Å²) in [5, 5.41) is 8.82. The molecule has 0 aliphatic heterocycles. The van der Waals surface area contributed by atoms with Gasteiger partial charge in [-0.15, -0.1) is 0 Å². The molecule has 1 heterocycles. The van der Waals surface area contributed by atoms with Gasteiger partial charge < -0.3 is 10.6 Å². The average Bonchev–Trinajstić information content (AvgIpc) is 2.97. The first-order valence-electron chi connectivity index (χ1n) is 14.7. The highest BCUT2D eigenvalue weighted by atomic mass is 14.9. The third-order valence-corrected chi connectivity index (χ3v) is 8.23. The molecule has 0 bridgehead atoms. The summed E-state index contributed by atoms with van der Waals surface area (Å²) in [5.41, 5.74) is 12.2. The topological polar surface area (TPSA) is 37.0 Å². The molecule has 0 saturated carbocycles. The molecule has 202 valence electrons. The van der Waals surface area contributed by atoms with E-state index in [2.05, 4.69) is 135 Å².